The van der Waals surface area contributed by atoms with Gasteiger partial charge in [-0.1, -0.05) is 6.07 Å². The summed E-state index contributed by atoms with van der Waals surface area (Å²) in [6.07, 6.45) is -4.57. The molecule has 0 unspecified atom stereocenters. The van der Waals surface area contributed by atoms with Crippen LogP contribution in [-0.4, -0.2) is 36.3 Å². The number of carboxylic acids is 1. The first-order valence-corrected chi connectivity index (χ1v) is 5.19. The van der Waals surface area contributed by atoms with E-state index in [1.807, 2.05) is 0 Å². The van der Waals surface area contributed by atoms with E-state index in [0.717, 1.165) is 18.2 Å². The molecule has 0 saturated heterocycles. The van der Waals surface area contributed by atoms with Gasteiger partial charge in [-0.25, -0.2) is 9.18 Å². The second kappa shape index (κ2) is 6.22. The first-order chi connectivity index (χ1) is 9.20. The number of aromatic carboxylic acids is 1. The quantitative estimate of drug-likeness (QED) is 0.809. The normalized spacial score (nSPS) is 11.0. The van der Waals surface area contributed by atoms with Gasteiger partial charge >= 0.3 is 12.1 Å². The molecule has 0 aliphatic carbocycles. The molecule has 0 atom stereocenters. The number of halogens is 4. The third-order valence-corrected chi connectivity index (χ3v) is 2.03. The molecule has 0 aromatic heterocycles. The van der Waals surface area contributed by atoms with Crippen LogP contribution >= 0.6 is 0 Å². The first kappa shape index (κ1) is 15.7. The number of ether oxygens (including phenoxy) is 1. The predicted octanol–water partition coefficient (Wildman–Crippen LogP) is 1.58. The third-order valence-electron chi connectivity index (χ3n) is 2.03. The monoisotopic (exact) mass is 295 g/mol. The Morgan fingerprint density at radius 3 is 2.50 bits per heavy atom. The number of amides is 1. The van der Waals surface area contributed by atoms with Gasteiger partial charge in [-0.15, -0.1) is 0 Å². The standard InChI is InChI=1S/C11H9F4NO4/c12-6-2-1-3-7(9(6)10(18)19)20-4-8(17)16-5-11(13,14)15/h1-3H,4-5H2,(H,16,17)(H,18,19). The van der Waals surface area contributed by atoms with Crippen molar-refractivity contribution in [3.05, 3.63) is 29.6 Å². The molecule has 0 spiro atoms. The summed E-state index contributed by atoms with van der Waals surface area (Å²) in [4.78, 5) is 21.8. The van der Waals surface area contributed by atoms with Crippen LogP contribution in [-0.2, 0) is 4.79 Å². The number of alkyl halides is 3. The molecule has 20 heavy (non-hydrogen) atoms. The molecule has 0 aliphatic heterocycles. The van der Waals surface area contributed by atoms with E-state index in [1.165, 1.54) is 5.32 Å². The molecule has 2 N–H and O–H groups in total. The van der Waals surface area contributed by atoms with Crippen LogP contribution in [0.5, 0.6) is 5.75 Å². The van der Waals surface area contributed by atoms with Gasteiger partial charge in [0, 0.05) is 0 Å². The van der Waals surface area contributed by atoms with E-state index in [9.17, 15) is 27.2 Å². The van der Waals surface area contributed by atoms with E-state index < -0.39 is 48.3 Å². The Morgan fingerprint density at radius 2 is 1.95 bits per heavy atom. The molecule has 5 nitrogen and oxygen atoms in total. The van der Waals surface area contributed by atoms with E-state index >= 15 is 0 Å². The fraction of sp³-hybridized carbons (Fsp3) is 0.273. The summed E-state index contributed by atoms with van der Waals surface area (Å²) in [6.45, 7) is -2.40. The van der Waals surface area contributed by atoms with Crippen molar-refractivity contribution in [3.8, 4) is 5.75 Å². The maximum Gasteiger partial charge on any atom is 0.405 e. The Bertz CT molecular complexity index is 516. The smallest absolute Gasteiger partial charge is 0.405 e. The number of carboxylic acid groups (broad SMARTS) is 1. The number of carbonyl (C=O) groups excluding carboxylic acids is 1. The fourth-order valence-electron chi connectivity index (χ4n) is 1.23. The van der Waals surface area contributed by atoms with Gasteiger partial charge in [0.25, 0.3) is 5.91 Å². The van der Waals surface area contributed by atoms with Crippen LogP contribution < -0.4 is 10.1 Å². The summed E-state index contributed by atoms with van der Waals surface area (Å²) >= 11 is 0. The average molecular weight is 295 g/mol. The van der Waals surface area contributed by atoms with Gasteiger partial charge in [-0.3, -0.25) is 4.79 Å². The second-order valence-corrected chi connectivity index (χ2v) is 3.60. The van der Waals surface area contributed by atoms with E-state index in [-0.39, 0.29) is 0 Å². The zero-order chi connectivity index (χ0) is 15.3. The number of benzene rings is 1. The van der Waals surface area contributed by atoms with Gasteiger partial charge in [-0.05, 0) is 12.1 Å². The van der Waals surface area contributed by atoms with Gasteiger partial charge in [-0.2, -0.15) is 13.2 Å². The van der Waals surface area contributed by atoms with Crippen LogP contribution in [0.4, 0.5) is 17.6 Å². The van der Waals surface area contributed by atoms with E-state index in [4.69, 9.17) is 9.84 Å². The highest BCUT2D eigenvalue weighted by Gasteiger charge is 2.27. The summed E-state index contributed by atoms with van der Waals surface area (Å²) < 4.78 is 53.4. The average Bonchev–Trinajstić information content (AvgIpc) is 2.32. The molecule has 9 heteroatoms. The molecule has 0 aliphatic rings. The number of carbonyl (C=O) groups is 2. The first-order valence-electron chi connectivity index (χ1n) is 5.19. The SMILES string of the molecule is O=C(COc1cccc(F)c1C(=O)O)NCC(F)(F)F. The Hall–Kier alpha value is -2.32. The van der Waals surface area contributed by atoms with Crippen molar-refractivity contribution in [1.82, 2.24) is 5.32 Å². The largest absolute Gasteiger partial charge is 0.483 e. The molecule has 0 heterocycles. The van der Waals surface area contributed by atoms with Crippen LogP contribution in [0, 0.1) is 5.82 Å². The van der Waals surface area contributed by atoms with Gasteiger partial charge in [0.1, 0.15) is 23.7 Å². The highest BCUT2D eigenvalue weighted by atomic mass is 19.4. The number of nitrogens with one attached hydrogen (secondary N) is 1. The molecule has 0 fully saturated rings. The Balaban J connectivity index is 2.64. The second-order valence-electron chi connectivity index (χ2n) is 3.60. The van der Waals surface area contributed by atoms with E-state index in [2.05, 4.69) is 0 Å². The summed E-state index contributed by atoms with van der Waals surface area (Å²) in [7, 11) is 0. The number of hydrogen-bond donors (Lipinski definition) is 2. The third kappa shape index (κ3) is 4.75. The molecular weight excluding hydrogens is 286 g/mol. The molecule has 0 saturated carbocycles. The zero-order valence-corrected chi connectivity index (χ0v) is 9.83. The fourth-order valence-corrected chi connectivity index (χ4v) is 1.23. The molecule has 110 valence electrons. The van der Waals surface area contributed by atoms with Crippen LogP contribution in [0.15, 0.2) is 18.2 Å². The predicted molar refractivity (Wildman–Crippen MR) is 57.9 cm³/mol. The van der Waals surface area contributed by atoms with Gasteiger partial charge < -0.3 is 15.2 Å². The minimum absolute atomic E-state index is 0.445. The van der Waals surface area contributed by atoms with Gasteiger partial charge in [0.05, 0.1) is 0 Å². The maximum absolute atomic E-state index is 13.2. The molecule has 1 aromatic rings. The van der Waals surface area contributed by atoms with Crippen LogP contribution in [0.1, 0.15) is 10.4 Å². The molecule has 1 aromatic carbocycles. The van der Waals surface area contributed by atoms with Crippen molar-refractivity contribution < 1.29 is 37.0 Å². The van der Waals surface area contributed by atoms with Crippen molar-refractivity contribution in [3.63, 3.8) is 0 Å². The lowest BCUT2D eigenvalue weighted by Crippen LogP contribution is -2.36. The minimum Gasteiger partial charge on any atom is -0.483 e. The maximum atomic E-state index is 13.2. The Kier molecular flexibility index (Phi) is 4.89. The molecular formula is C11H9F4NO4. The topological polar surface area (TPSA) is 75.6 Å². The Labute approximate surface area is 110 Å². The highest BCUT2D eigenvalue weighted by Crippen LogP contribution is 2.21. The number of rotatable bonds is 5. The van der Waals surface area contributed by atoms with Crippen molar-refractivity contribution in [1.29, 1.82) is 0 Å². The lowest BCUT2D eigenvalue weighted by Gasteiger charge is -2.11. The minimum atomic E-state index is -4.57. The molecule has 0 radical (unpaired) electrons. The summed E-state index contributed by atoms with van der Waals surface area (Å²) in [5.41, 5.74) is -0.795. The number of hydrogen-bond acceptors (Lipinski definition) is 3. The van der Waals surface area contributed by atoms with Crippen molar-refractivity contribution in [2.24, 2.45) is 0 Å². The summed E-state index contributed by atoms with van der Waals surface area (Å²) in [6, 6.07) is 3.11. The van der Waals surface area contributed by atoms with Crippen molar-refractivity contribution >= 4 is 11.9 Å². The van der Waals surface area contributed by atoms with Gasteiger partial charge in [0.2, 0.25) is 0 Å². The van der Waals surface area contributed by atoms with E-state index in [1.54, 1.807) is 0 Å². The molecule has 0 bridgehead atoms. The van der Waals surface area contributed by atoms with Gasteiger partial charge in [0.15, 0.2) is 6.61 Å². The van der Waals surface area contributed by atoms with Crippen molar-refractivity contribution in [2.75, 3.05) is 13.2 Å². The van der Waals surface area contributed by atoms with E-state index in [0.29, 0.717) is 0 Å². The summed E-state index contributed by atoms with van der Waals surface area (Å²) in [5, 5.41) is 10.3. The lowest BCUT2D eigenvalue weighted by atomic mass is 10.2. The van der Waals surface area contributed by atoms with Crippen LogP contribution in [0.25, 0.3) is 0 Å². The summed E-state index contributed by atoms with van der Waals surface area (Å²) in [5.74, 6) is -4.25. The van der Waals surface area contributed by atoms with Crippen molar-refractivity contribution in [2.45, 2.75) is 6.18 Å². The zero-order valence-electron chi connectivity index (χ0n) is 9.83. The molecule has 1 rings (SSSR count). The Morgan fingerprint density at radius 1 is 1.30 bits per heavy atom. The lowest BCUT2D eigenvalue weighted by molar-refractivity contribution is -0.139. The van der Waals surface area contributed by atoms with Crippen LogP contribution in [0.2, 0.25) is 0 Å². The van der Waals surface area contributed by atoms with Crippen LogP contribution in [0.3, 0.4) is 0 Å². The highest BCUT2D eigenvalue weighted by molar-refractivity contribution is 5.91. The molecule has 1 amide bonds.